The van der Waals surface area contributed by atoms with Gasteiger partial charge in [0.25, 0.3) is 0 Å². The highest BCUT2D eigenvalue weighted by Gasteiger charge is 2.32. The summed E-state index contributed by atoms with van der Waals surface area (Å²) in [6.07, 6.45) is 2.17. The lowest BCUT2D eigenvalue weighted by Gasteiger charge is -2.22. The molecule has 2 rings (SSSR count). The normalized spacial score (nSPS) is 38.3. The van der Waals surface area contributed by atoms with Gasteiger partial charge in [-0.1, -0.05) is 0 Å². The summed E-state index contributed by atoms with van der Waals surface area (Å²) in [6, 6.07) is 0.628. The lowest BCUT2D eigenvalue weighted by atomic mass is 10.0. The molecule has 3 heteroatoms. The van der Waals surface area contributed by atoms with Crippen LogP contribution in [0.3, 0.4) is 0 Å². The number of nitrogens with zero attached hydrogens (tertiary/aromatic N) is 1. The number of hydrogen-bond acceptors (Lipinski definition) is 3. The summed E-state index contributed by atoms with van der Waals surface area (Å²) in [5.41, 5.74) is 0. The van der Waals surface area contributed by atoms with Crippen molar-refractivity contribution in [1.29, 1.82) is 0 Å². The monoisotopic (exact) mass is 185 g/mol. The van der Waals surface area contributed by atoms with Gasteiger partial charge in [0.2, 0.25) is 0 Å². The van der Waals surface area contributed by atoms with Crippen LogP contribution in [0.5, 0.6) is 0 Å². The van der Waals surface area contributed by atoms with Gasteiger partial charge in [-0.15, -0.1) is 0 Å². The van der Waals surface area contributed by atoms with Gasteiger partial charge in [-0.3, -0.25) is 4.90 Å². The van der Waals surface area contributed by atoms with Crippen molar-refractivity contribution in [3.8, 4) is 0 Å². The van der Waals surface area contributed by atoms with Gasteiger partial charge in [0.1, 0.15) is 0 Å². The summed E-state index contributed by atoms with van der Waals surface area (Å²) in [5, 5.41) is 9.45. The van der Waals surface area contributed by atoms with E-state index in [0.29, 0.717) is 12.0 Å². The summed E-state index contributed by atoms with van der Waals surface area (Å²) in [5.74, 6) is 0.487. The van der Waals surface area contributed by atoms with E-state index in [1.54, 1.807) is 0 Å². The maximum absolute atomic E-state index is 9.45. The predicted molar refractivity (Wildman–Crippen MR) is 50.6 cm³/mol. The molecule has 0 aromatic heterocycles. The second kappa shape index (κ2) is 3.95. The third-order valence-corrected chi connectivity index (χ3v) is 3.36. The molecule has 0 aliphatic carbocycles. The van der Waals surface area contributed by atoms with Crippen LogP contribution in [0.2, 0.25) is 0 Å². The van der Waals surface area contributed by atoms with Gasteiger partial charge in [-0.2, -0.15) is 0 Å². The average molecular weight is 185 g/mol. The number of aliphatic hydroxyl groups excluding tert-OH is 1. The van der Waals surface area contributed by atoms with Gasteiger partial charge < -0.3 is 9.84 Å². The molecule has 2 aliphatic heterocycles. The Balaban J connectivity index is 1.83. The Hall–Kier alpha value is -0.120. The van der Waals surface area contributed by atoms with E-state index in [4.69, 9.17) is 4.74 Å². The average Bonchev–Trinajstić information content (AvgIpc) is 2.75. The number of hydrogen-bond donors (Lipinski definition) is 1. The minimum absolute atomic E-state index is 0.146. The summed E-state index contributed by atoms with van der Waals surface area (Å²) in [4.78, 5) is 2.48. The zero-order valence-corrected chi connectivity index (χ0v) is 8.28. The van der Waals surface area contributed by atoms with Gasteiger partial charge >= 0.3 is 0 Å². The smallest absolute Gasteiger partial charge is 0.0622 e. The number of ether oxygens (including phenoxy) is 1. The highest BCUT2D eigenvalue weighted by atomic mass is 16.5. The number of likely N-dealkylation sites (tertiary alicyclic amines) is 1. The van der Waals surface area contributed by atoms with E-state index < -0.39 is 0 Å². The number of rotatable bonds is 2. The summed E-state index contributed by atoms with van der Waals surface area (Å²) in [7, 11) is 0. The van der Waals surface area contributed by atoms with Crippen molar-refractivity contribution < 1.29 is 9.84 Å². The molecule has 2 fully saturated rings. The summed E-state index contributed by atoms with van der Waals surface area (Å²) in [6.45, 7) is 5.92. The first-order chi connectivity index (χ1) is 6.27. The maximum atomic E-state index is 9.45. The van der Waals surface area contributed by atoms with E-state index in [1.807, 2.05) is 6.92 Å². The van der Waals surface area contributed by atoms with Crippen molar-refractivity contribution in [2.45, 2.75) is 31.9 Å². The molecule has 3 unspecified atom stereocenters. The molecule has 0 spiro atoms. The third kappa shape index (κ3) is 2.03. The van der Waals surface area contributed by atoms with E-state index in [9.17, 15) is 5.11 Å². The van der Waals surface area contributed by atoms with Gasteiger partial charge in [0, 0.05) is 19.2 Å². The van der Waals surface area contributed by atoms with Crippen LogP contribution in [0.15, 0.2) is 0 Å². The molecular weight excluding hydrogens is 166 g/mol. The Morgan fingerprint density at radius 3 is 2.85 bits per heavy atom. The lowest BCUT2D eigenvalue weighted by molar-refractivity contribution is 0.116. The Kier molecular flexibility index (Phi) is 2.86. The largest absolute Gasteiger partial charge is 0.393 e. The summed E-state index contributed by atoms with van der Waals surface area (Å²) >= 11 is 0. The lowest BCUT2D eigenvalue weighted by Crippen LogP contribution is -2.34. The van der Waals surface area contributed by atoms with Crippen LogP contribution >= 0.6 is 0 Å². The van der Waals surface area contributed by atoms with E-state index >= 15 is 0 Å². The topological polar surface area (TPSA) is 32.7 Å². The molecule has 0 aromatic rings. The van der Waals surface area contributed by atoms with Gasteiger partial charge in [-0.05, 0) is 32.2 Å². The molecule has 1 N–H and O–H groups in total. The van der Waals surface area contributed by atoms with Crippen molar-refractivity contribution in [1.82, 2.24) is 4.90 Å². The van der Waals surface area contributed by atoms with Gasteiger partial charge in [0.15, 0.2) is 0 Å². The first-order valence-corrected chi connectivity index (χ1v) is 5.27. The Bertz CT molecular complexity index is 166. The Morgan fingerprint density at radius 1 is 1.46 bits per heavy atom. The molecule has 2 heterocycles. The first-order valence-electron chi connectivity index (χ1n) is 5.27. The second-order valence-electron chi connectivity index (χ2n) is 4.30. The van der Waals surface area contributed by atoms with Crippen LogP contribution in [0, 0.1) is 5.92 Å². The number of aliphatic hydroxyl groups is 1. The minimum atomic E-state index is -0.146. The molecule has 0 saturated carbocycles. The Labute approximate surface area is 79.7 Å². The fraction of sp³-hybridized carbons (Fsp3) is 1.00. The van der Waals surface area contributed by atoms with Crippen LogP contribution in [0.25, 0.3) is 0 Å². The molecule has 0 bridgehead atoms. The van der Waals surface area contributed by atoms with Gasteiger partial charge in [-0.25, -0.2) is 0 Å². The molecule has 3 nitrogen and oxygen atoms in total. The van der Waals surface area contributed by atoms with Crippen molar-refractivity contribution >= 4 is 0 Å². The fourth-order valence-electron chi connectivity index (χ4n) is 2.35. The third-order valence-electron chi connectivity index (χ3n) is 3.36. The van der Waals surface area contributed by atoms with Crippen LogP contribution in [0.4, 0.5) is 0 Å². The minimum Gasteiger partial charge on any atom is -0.393 e. The molecule has 2 aliphatic rings. The molecule has 3 atom stereocenters. The van der Waals surface area contributed by atoms with Crippen molar-refractivity contribution in [3.05, 3.63) is 0 Å². The van der Waals surface area contributed by atoms with Crippen molar-refractivity contribution in [2.24, 2.45) is 5.92 Å². The molecule has 0 aromatic carbocycles. The molecule has 2 saturated heterocycles. The highest BCUT2D eigenvalue weighted by Crippen LogP contribution is 2.24. The zero-order valence-electron chi connectivity index (χ0n) is 8.28. The highest BCUT2D eigenvalue weighted by molar-refractivity contribution is 4.85. The molecule has 0 radical (unpaired) electrons. The SMILES string of the molecule is CC(O)C1CCN(C2CCOC2)C1. The van der Waals surface area contributed by atoms with Crippen LogP contribution < -0.4 is 0 Å². The van der Waals surface area contributed by atoms with E-state index in [2.05, 4.69) is 4.90 Å². The Morgan fingerprint density at radius 2 is 2.31 bits per heavy atom. The first kappa shape index (κ1) is 9.44. The molecular formula is C10H19NO2. The maximum Gasteiger partial charge on any atom is 0.0622 e. The van der Waals surface area contributed by atoms with Crippen LogP contribution in [0.1, 0.15) is 19.8 Å². The standard InChI is InChI=1S/C10H19NO2/c1-8(12)9-2-4-11(6-9)10-3-5-13-7-10/h8-10,12H,2-7H2,1H3. The van der Waals surface area contributed by atoms with Crippen molar-refractivity contribution in [3.63, 3.8) is 0 Å². The van der Waals surface area contributed by atoms with E-state index in [0.717, 1.165) is 32.7 Å². The molecule has 13 heavy (non-hydrogen) atoms. The van der Waals surface area contributed by atoms with E-state index in [-0.39, 0.29) is 6.10 Å². The molecule has 76 valence electrons. The van der Waals surface area contributed by atoms with Crippen molar-refractivity contribution in [2.75, 3.05) is 26.3 Å². The molecule has 0 amide bonds. The van der Waals surface area contributed by atoms with Crippen LogP contribution in [-0.2, 0) is 4.74 Å². The van der Waals surface area contributed by atoms with E-state index in [1.165, 1.54) is 6.42 Å². The summed E-state index contributed by atoms with van der Waals surface area (Å²) < 4.78 is 5.36. The predicted octanol–water partition coefficient (Wildman–Crippen LogP) is 0.478. The second-order valence-corrected chi connectivity index (χ2v) is 4.30. The fourth-order valence-corrected chi connectivity index (χ4v) is 2.35. The zero-order chi connectivity index (χ0) is 9.26. The van der Waals surface area contributed by atoms with Crippen LogP contribution in [-0.4, -0.2) is 48.5 Å². The quantitative estimate of drug-likeness (QED) is 0.679. The van der Waals surface area contributed by atoms with Gasteiger partial charge in [0.05, 0.1) is 12.7 Å².